The Hall–Kier alpha value is -3.98. The maximum absolute atomic E-state index is 12.9. The summed E-state index contributed by atoms with van der Waals surface area (Å²) in [5, 5.41) is 5.42. The van der Waals surface area contributed by atoms with Crippen LogP contribution in [0.2, 0.25) is 0 Å². The molecule has 9 heteroatoms. The Labute approximate surface area is 220 Å². The van der Waals surface area contributed by atoms with E-state index in [1.807, 2.05) is 25.1 Å². The minimum Gasteiger partial charge on any atom is -0.493 e. The maximum Gasteiger partial charge on any atom is 0.338 e. The molecule has 3 rings (SSSR count). The van der Waals surface area contributed by atoms with Gasteiger partial charge in [0, 0.05) is 21.8 Å². The highest BCUT2D eigenvalue weighted by Crippen LogP contribution is 2.30. The van der Waals surface area contributed by atoms with Crippen molar-refractivity contribution in [3.8, 4) is 11.5 Å². The number of anilines is 2. The fraction of sp³-hybridized carbons (Fsp3) is 0.250. The molecule has 0 aliphatic rings. The molecule has 0 aromatic heterocycles. The van der Waals surface area contributed by atoms with Crippen molar-refractivity contribution in [3.63, 3.8) is 0 Å². The molecule has 0 saturated heterocycles. The average molecular weight is 523 g/mol. The summed E-state index contributed by atoms with van der Waals surface area (Å²) >= 11 is 1.40. The van der Waals surface area contributed by atoms with Crippen molar-refractivity contribution in [1.82, 2.24) is 0 Å². The Bertz CT molecular complexity index is 1250. The molecule has 2 amide bonds. The number of esters is 1. The first-order valence-corrected chi connectivity index (χ1v) is 12.6. The van der Waals surface area contributed by atoms with Crippen LogP contribution in [0, 0.1) is 0 Å². The van der Waals surface area contributed by atoms with E-state index in [1.165, 1.54) is 26.0 Å². The minimum atomic E-state index is -0.402. The molecule has 1 atom stereocenters. The molecule has 0 saturated carbocycles. The number of carbonyl (C=O) groups is 3. The smallest absolute Gasteiger partial charge is 0.338 e. The summed E-state index contributed by atoms with van der Waals surface area (Å²) in [6.45, 7) is 3.98. The maximum atomic E-state index is 12.9. The Morgan fingerprint density at radius 1 is 0.811 bits per heavy atom. The molecule has 3 aromatic rings. The predicted octanol–water partition coefficient (Wildman–Crippen LogP) is 5.64. The number of hydrogen-bond acceptors (Lipinski definition) is 7. The molecule has 0 bridgehead atoms. The van der Waals surface area contributed by atoms with Crippen molar-refractivity contribution in [2.24, 2.45) is 0 Å². The monoisotopic (exact) mass is 522 g/mol. The first-order chi connectivity index (χ1) is 17.9. The van der Waals surface area contributed by atoms with Crippen LogP contribution in [0.15, 0.2) is 71.6 Å². The van der Waals surface area contributed by atoms with E-state index in [2.05, 4.69) is 10.6 Å². The molecule has 3 aromatic carbocycles. The van der Waals surface area contributed by atoms with Crippen molar-refractivity contribution >= 4 is 40.9 Å². The van der Waals surface area contributed by atoms with Crippen LogP contribution < -0.4 is 20.1 Å². The second kappa shape index (κ2) is 13.4. The summed E-state index contributed by atoms with van der Waals surface area (Å²) in [5.74, 6) is 0.152. The van der Waals surface area contributed by atoms with E-state index in [1.54, 1.807) is 55.5 Å². The van der Waals surface area contributed by atoms with Crippen LogP contribution in [0.25, 0.3) is 0 Å². The van der Waals surface area contributed by atoms with Crippen molar-refractivity contribution in [2.45, 2.75) is 30.4 Å². The zero-order chi connectivity index (χ0) is 26.8. The lowest BCUT2D eigenvalue weighted by Gasteiger charge is -2.16. The Morgan fingerprint density at radius 3 is 2.16 bits per heavy atom. The van der Waals surface area contributed by atoms with Gasteiger partial charge in [-0.1, -0.05) is 13.0 Å². The summed E-state index contributed by atoms with van der Waals surface area (Å²) < 4.78 is 15.5. The molecule has 0 aliphatic heterocycles. The Kier molecular flexibility index (Phi) is 9.97. The Balaban J connectivity index is 1.64. The van der Waals surface area contributed by atoms with Gasteiger partial charge < -0.3 is 24.8 Å². The van der Waals surface area contributed by atoms with E-state index < -0.39 is 5.97 Å². The van der Waals surface area contributed by atoms with Crippen molar-refractivity contribution < 1.29 is 28.6 Å². The van der Waals surface area contributed by atoms with E-state index in [9.17, 15) is 14.4 Å². The molecule has 8 nitrogen and oxygen atoms in total. The van der Waals surface area contributed by atoms with E-state index in [0.717, 1.165) is 4.90 Å². The third kappa shape index (κ3) is 7.50. The molecular formula is C28H30N2O6S. The number of rotatable bonds is 11. The molecule has 0 fully saturated rings. The van der Waals surface area contributed by atoms with Gasteiger partial charge in [-0.25, -0.2) is 4.79 Å². The highest BCUT2D eigenvalue weighted by atomic mass is 32.2. The third-order valence-corrected chi connectivity index (χ3v) is 6.70. The second-order valence-corrected chi connectivity index (χ2v) is 9.13. The quantitative estimate of drug-likeness (QED) is 0.248. The fourth-order valence-corrected chi connectivity index (χ4v) is 4.45. The van der Waals surface area contributed by atoms with Gasteiger partial charge in [0.15, 0.2) is 11.5 Å². The first-order valence-electron chi connectivity index (χ1n) is 11.8. The molecular weight excluding hydrogens is 492 g/mol. The lowest BCUT2D eigenvalue weighted by atomic mass is 10.2. The van der Waals surface area contributed by atoms with E-state index in [-0.39, 0.29) is 17.1 Å². The summed E-state index contributed by atoms with van der Waals surface area (Å²) in [7, 11) is 3.05. The molecule has 194 valence electrons. The van der Waals surface area contributed by atoms with Crippen LogP contribution in [0.4, 0.5) is 11.4 Å². The summed E-state index contributed by atoms with van der Waals surface area (Å²) in [6, 6.07) is 18.9. The van der Waals surface area contributed by atoms with Crippen molar-refractivity contribution in [1.29, 1.82) is 0 Å². The fourth-order valence-electron chi connectivity index (χ4n) is 3.44. The van der Waals surface area contributed by atoms with Gasteiger partial charge in [0.2, 0.25) is 5.91 Å². The van der Waals surface area contributed by atoms with Gasteiger partial charge in [-0.3, -0.25) is 9.59 Å². The topological polar surface area (TPSA) is 103 Å². The number of hydrogen-bond donors (Lipinski definition) is 2. The van der Waals surface area contributed by atoms with Crippen molar-refractivity contribution in [2.75, 3.05) is 31.5 Å². The van der Waals surface area contributed by atoms with Crippen molar-refractivity contribution in [3.05, 3.63) is 77.9 Å². The molecule has 0 spiro atoms. The number of nitrogens with one attached hydrogen (secondary N) is 2. The molecule has 2 N–H and O–H groups in total. The van der Waals surface area contributed by atoms with Gasteiger partial charge >= 0.3 is 5.97 Å². The largest absolute Gasteiger partial charge is 0.493 e. The van der Waals surface area contributed by atoms with Crippen LogP contribution in [0.3, 0.4) is 0 Å². The van der Waals surface area contributed by atoms with Crippen LogP contribution in [0.5, 0.6) is 11.5 Å². The second-order valence-electron chi connectivity index (χ2n) is 7.85. The molecule has 37 heavy (non-hydrogen) atoms. The molecule has 0 heterocycles. The number of thioether (sulfide) groups is 1. The summed E-state index contributed by atoms with van der Waals surface area (Å²) in [6.07, 6.45) is 0.597. The number of benzene rings is 3. The number of amides is 2. The molecule has 0 radical (unpaired) electrons. The molecule has 0 aliphatic carbocycles. The Morgan fingerprint density at radius 2 is 1.51 bits per heavy atom. The highest BCUT2D eigenvalue weighted by molar-refractivity contribution is 8.00. The number of ether oxygens (including phenoxy) is 3. The van der Waals surface area contributed by atoms with E-state index in [0.29, 0.717) is 47.0 Å². The van der Waals surface area contributed by atoms with E-state index >= 15 is 0 Å². The SMILES string of the molecule is CCOC(=O)c1ccc(NC(=O)C(CC)Sc2cccc(NC(=O)c3ccc(OC)c(OC)c3)c2)cc1. The summed E-state index contributed by atoms with van der Waals surface area (Å²) in [5.41, 5.74) is 2.05. The van der Waals surface area contributed by atoms with Crippen LogP contribution >= 0.6 is 11.8 Å². The normalized spacial score (nSPS) is 11.2. The van der Waals surface area contributed by atoms with Gasteiger partial charge in [-0.2, -0.15) is 0 Å². The lowest BCUT2D eigenvalue weighted by Crippen LogP contribution is -2.24. The lowest BCUT2D eigenvalue weighted by molar-refractivity contribution is -0.115. The van der Waals surface area contributed by atoms with E-state index in [4.69, 9.17) is 14.2 Å². The van der Waals surface area contributed by atoms with Gasteiger partial charge in [0.1, 0.15) is 0 Å². The zero-order valence-corrected chi connectivity index (χ0v) is 22.0. The van der Waals surface area contributed by atoms with Crippen LogP contribution in [-0.4, -0.2) is 43.9 Å². The van der Waals surface area contributed by atoms with Gasteiger partial charge in [0.25, 0.3) is 5.91 Å². The minimum absolute atomic E-state index is 0.156. The highest BCUT2D eigenvalue weighted by Gasteiger charge is 2.19. The van der Waals surface area contributed by atoms with Crippen LogP contribution in [0.1, 0.15) is 41.0 Å². The number of methoxy groups -OCH3 is 2. The zero-order valence-electron chi connectivity index (χ0n) is 21.2. The third-order valence-electron chi connectivity index (χ3n) is 5.34. The molecule has 1 unspecified atom stereocenters. The van der Waals surface area contributed by atoms with Crippen LogP contribution in [-0.2, 0) is 9.53 Å². The summed E-state index contributed by atoms with van der Waals surface area (Å²) in [4.78, 5) is 38.3. The number of carbonyl (C=O) groups excluding carboxylic acids is 3. The predicted molar refractivity (Wildman–Crippen MR) is 145 cm³/mol. The first kappa shape index (κ1) is 27.6. The van der Waals surface area contributed by atoms with Gasteiger partial charge in [-0.05, 0) is 74.0 Å². The standard InChI is InChI=1S/C28H30N2O6S/c1-5-25(27(32)29-20-13-10-18(11-14-20)28(33)36-6-2)37-22-9-7-8-21(17-22)30-26(31)19-12-15-23(34-3)24(16-19)35-4/h7-17,25H,5-6H2,1-4H3,(H,29,32)(H,30,31). The van der Waals surface area contributed by atoms with Gasteiger partial charge in [-0.15, -0.1) is 11.8 Å². The average Bonchev–Trinajstić information content (AvgIpc) is 2.91. The van der Waals surface area contributed by atoms with Gasteiger partial charge in [0.05, 0.1) is 31.6 Å².